The van der Waals surface area contributed by atoms with E-state index in [-0.39, 0.29) is 24.0 Å². The predicted molar refractivity (Wildman–Crippen MR) is 47.6 cm³/mol. The molecule has 3 atom stereocenters. The fraction of sp³-hybridized carbons (Fsp3) is 0.625. The second-order valence-electron chi connectivity index (χ2n) is 4.09. The number of nitrogens with zero attached hydrogens (tertiary/aromatic N) is 2. The number of urea groups is 2. The number of piperazine rings is 1. The quantitative estimate of drug-likeness (QED) is 0.473. The number of hydrogen-bond acceptors (Lipinski definition) is 3. The molecule has 0 aromatic rings. The highest BCUT2D eigenvalue weighted by atomic mass is 16.2. The van der Waals surface area contributed by atoms with E-state index in [1.807, 2.05) is 0 Å². The first-order valence-electron chi connectivity index (χ1n) is 4.79. The van der Waals surface area contributed by atoms with Crippen molar-refractivity contribution in [1.29, 1.82) is 0 Å². The maximum atomic E-state index is 11.5. The summed E-state index contributed by atoms with van der Waals surface area (Å²) in [6.45, 7) is 0.442. The van der Waals surface area contributed by atoms with Crippen LogP contribution < -0.4 is 11.1 Å². The molecule has 0 saturated carbocycles. The highest BCUT2D eigenvalue weighted by Crippen LogP contribution is 2.37. The van der Waals surface area contributed by atoms with Crippen LogP contribution in [0, 0.1) is 0 Å². The maximum Gasteiger partial charge on any atom is 0.325 e. The fourth-order valence-corrected chi connectivity index (χ4v) is 2.85. The lowest BCUT2D eigenvalue weighted by Gasteiger charge is -2.33. The molecular weight excluding hydrogens is 200 g/mol. The summed E-state index contributed by atoms with van der Waals surface area (Å²) in [6.07, 6.45) is 0.659. The van der Waals surface area contributed by atoms with Crippen molar-refractivity contribution in [2.75, 3.05) is 6.54 Å². The zero-order chi connectivity index (χ0) is 10.7. The lowest BCUT2D eigenvalue weighted by Crippen LogP contribution is -2.56. The fourth-order valence-electron chi connectivity index (χ4n) is 2.85. The zero-order valence-electron chi connectivity index (χ0n) is 7.84. The van der Waals surface area contributed by atoms with Crippen molar-refractivity contribution in [1.82, 2.24) is 15.1 Å². The van der Waals surface area contributed by atoms with Crippen LogP contribution in [-0.2, 0) is 4.79 Å². The molecule has 3 aliphatic rings. The van der Waals surface area contributed by atoms with Crippen LogP contribution in [0.4, 0.5) is 9.59 Å². The van der Waals surface area contributed by atoms with Crippen molar-refractivity contribution in [3.8, 4) is 0 Å². The van der Waals surface area contributed by atoms with E-state index in [1.54, 1.807) is 0 Å². The lowest BCUT2D eigenvalue weighted by molar-refractivity contribution is -0.122. The van der Waals surface area contributed by atoms with Gasteiger partial charge in [-0.3, -0.25) is 10.1 Å². The van der Waals surface area contributed by atoms with Crippen LogP contribution in [0.3, 0.4) is 0 Å². The summed E-state index contributed by atoms with van der Waals surface area (Å²) in [5.41, 5.74) is 5.20. The Morgan fingerprint density at radius 2 is 2.20 bits per heavy atom. The SMILES string of the molecule is NC(=O)N1CC2CC1C1C(=O)NC(=O)N21. The van der Waals surface area contributed by atoms with Crippen molar-refractivity contribution in [2.24, 2.45) is 5.73 Å². The topological polar surface area (TPSA) is 95.7 Å². The Hall–Kier alpha value is -1.79. The Kier molecular flexibility index (Phi) is 1.37. The van der Waals surface area contributed by atoms with Crippen molar-refractivity contribution >= 4 is 18.0 Å². The number of primary amides is 1. The second kappa shape index (κ2) is 2.41. The van der Waals surface area contributed by atoms with E-state index >= 15 is 0 Å². The van der Waals surface area contributed by atoms with Crippen LogP contribution in [0.5, 0.6) is 0 Å². The summed E-state index contributed by atoms with van der Waals surface area (Å²) in [7, 11) is 0. The number of carbonyl (C=O) groups excluding carboxylic acids is 3. The Balaban J connectivity index is 1.95. The maximum absolute atomic E-state index is 11.5. The minimum Gasteiger partial charge on any atom is -0.351 e. The summed E-state index contributed by atoms with van der Waals surface area (Å²) in [4.78, 5) is 37.0. The summed E-state index contributed by atoms with van der Waals surface area (Å²) >= 11 is 0. The van der Waals surface area contributed by atoms with Gasteiger partial charge in [-0.1, -0.05) is 0 Å². The van der Waals surface area contributed by atoms with Gasteiger partial charge in [0, 0.05) is 6.54 Å². The van der Waals surface area contributed by atoms with Gasteiger partial charge in [0.25, 0.3) is 5.91 Å². The molecule has 0 aliphatic carbocycles. The van der Waals surface area contributed by atoms with E-state index < -0.39 is 12.1 Å². The number of likely N-dealkylation sites (tertiary alicyclic amines) is 1. The molecule has 3 fully saturated rings. The van der Waals surface area contributed by atoms with Crippen LogP contribution >= 0.6 is 0 Å². The number of amides is 5. The number of hydrogen-bond donors (Lipinski definition) is 2. The zero-order valence-corrected chi connectivity index (χ0v) is 7.84. The number of fused-ring (bicyclic) bond motifs is 5. The molecule has 80 valence electrons. The van der Waals surface area contributed by atoms with Gasteiger partial charge in [0.2, 0.25) is 0 Å². The Labute approximate surface area is 85.2 Å². The average molecular weight is 210 g/mol. The molecule has 15 heavy (non-hydrogen) atoms. The largest absolute Gasteiger partial charge is 0.351 e. The summed E-state index contributed by atoms with van der Waals surface area (Å²) in [6, 6.07) is -1.68. The normalized spacial score (nSPS) is 37.2. The van der Waals surface area contributed by atoms with E-state index in [1.165, 1.54) is 9.80 Å². The average Bonchev–Trinajstić information content (AvgIpc) is 2.77. The highest BCUT2D eigenvalue weighted by molar-refractivity contribution is 6.05. The van der Waals surface area contributed by atoms with E-state index in [0.29, 0.717) is 13.0 Å². The van der Waals surface area contributed by atoms with E-state index in [9.17, 15) is 14.4 Å². The van der Waals surface area contributed by atoms with Crippen LogP contribution in [0.15, 0.2) is 0 Å². The first kappa shape index (κ1) is 8.51. The summed E-state index contributed by atoms with van der Waals surface area (Å²) < 4.78 is 0. The molecule has 7 nitrogen and oxygen atoms in total. The van der Waals surface area contributed by atoms with Gasteiger partial charge in [-0.25, -0.2) is 9.59 Å². The number of carbonyl (C=O) groups is 3. The molecule has 0 radical (unpaired) electrons. The van der Waals surface area contributed by atoms with Gasteiger partial charge in [-0.2, -0.15) is 0 Å². The van der Waals surface area contributed by atoms with Gasteiger partial charge < -0.3 is 15.5 Å². The van der Waals surface area contributed by atoms with Crippen molar-refractivity contribution < 1.29 is 14.4 Å². The third-order valence-electron chi connectivity index (χ3n) is 3.40. The van der Waals surface area contributed by atoms with Crippen LogP contribution in [0.1, 0.15) is 6.42 Å². The molecular formula is C8H10N4O3. The molecule has 0 aromatic heterocycles. The molecule has 7 heteroatoms. The molecule has 0 aromatic carbocycles. The van der Waals surface area contributed by atoms with E-state index in [0.717, 1.165) is 0 Å². The molecule has 3 aliphatic heterocycles. The highest BCUT2D eigenvalue weighted by Gasteiger charge is 2.59. The predicted octanol–water partition coefficient (Wildman–Crippen LogP) is -1.56. The van der Waals surface area contributed by atoms with Gasteiger partial charge in [0.15, 0.2) is 0 Å². The number of nitrogens with one attached hydrogen (secondary N) is 1. The Morgan fingerprint density at radius 1 is 1.47 bits per heavy atom. The number of imide groups is 1. The molecule has 3 saturated heterocycles. The minimum absolute atomic E-state index is 0.0565. The van der Waals surface area contributed by atoms with Gasteiger partial charge in [-0.05, 0) is 6.42 Å². The molecule has 3 unspecified atom stereocenters. The third kappa shape index (κ3) is 0.872. The smallest absolute Gasteiger partial charge is 0.325 e. The van der Waals surface area contributed by atoms with E-state index in [2.05, 4.69) is 5.32 Å². The molecule has 0 spiro atoms. The van der Waals surface area contributed by atoms with Crippen molar-refractivity contribution in [3.05, 3.63) is 0 Å². The number of nitrogens with two attached hydrogens (primary N) is 1. The molecule has 3 heterocycles. The monoisotopic (exact) mass is 210 g/mol. The Bertz CT molecular complexity index is 382. The van der Waals surface area contributed by atoms with Crippen LogP contribution in [0.2, 0.25) is 0 Å². The standard InChI is InChI=1S/C8H10N4O3/c9-7(14)11-2-3-1-4(11)5-6(13)10-8(15)12(3)5/h3-5H,1-2H2,(H2,9,14)(H,10,13,15). The van der Waals surface area contributed by atoms with Crippen molar-refractivity contribution in [2.45, 2.75) is 24.5 Å². The van der Waals surface area contributed by atoms with Gasteiger partial charge >= 0.3 is 12.1 Å². The van der Waals surface area contributed by atoms with Crippen LogP contribution in [0.25, 0.3) is 0 Å². The third-order valence-corrected chi connectivity index (χ3v) is 3.40. The minimum atomic E-state index is -0.524. The summed E-state index contributed by atoms with van der Waals surface area (Å²) in [5.74, 6) is -0.321. The molecule has 2 bridgehead atoms. The molecule has 3 rings (SSSR count). The van der Waals surface area contributed by atoms with Gasteiger partial charge in [-0.15, -0.1) is 0 Å². The first-order chi connectivity index (χ1) is 7.09. The van der Waals surface area contributed by atoms with Gasteiger partial charge in [0.1, 0.15) is 6.04 Å². The molecule has 5 amide bonds. The van der Waals surface area contributed by atoms with E-state index in [4.69, 9.17) is 5.73 Å². The van der Waals surface area contributed by atoms with Crippen molar-refractivity contribution in [3.63, 3.8) is 0 Å². The first-order valence-corrected chi connectivity index (χ1v) is 4.79. The second-order valence-corrected chi connectivity index (χ2v) is 4.09. The van der Waals surface area contributed by atoms with Crippen LogP contribution in [-0.4, -0.2) is 52.4 Å². The number of rotatable bonds is 0. The summed E-state index contributed by atoms with van der Waals surface area (Å²) in [5, 5.41) is 2.25. The lowest BCUT2D eigenvalue weighted by atomic mass is 10.1. The Morgan fingerprint density at radius 3 is 2.87 bits per heavy atom. The molecule has 3 N–H and O–H groups in total. The van der Waals surface area contributed by atoms with Gasteiger partial charge in [0.05, 0.1) is 12.1 Å².